The first-order chi connectivity index (χ1) is 4.50. The summed E-state index contributed by atoms with van der Waals surface area (Å²) in [7, 11) is 5.24. The minimum atomic E-state index is -1.34. The van der Waals surface area contributed by atoms with Gasteiger partial charge in [-0.2, -0.15) is 0 Å². The summed E-state index contributed by atoms with van der Waals surface area (Å²) in [5.41, 5.74) is 0. The van der Waals surface area contributed by atoms with E-state index >= 15 is 0 Å². The molecule has 0 aliphatic rings. The molecule has 0 atom stereocenters. The van der Waals surface area contributed by atoms with Crippen LogP contribution >= 0.6 is 8.25 Å². The number of hydrogen-bond donors (Lipinski definition) is 2. The van der Waals surface area contributed by atoms with Gasteiger partial charge in [-0.1, -0.05) is 0 Å². The summed E-state index contributed by atoms with van der Waals surface area (Å²) in [5.74, 6) is -1.58. The summed E-state index contributed by atoms with van der Waals surface area (Å²) >= 11 is -1.34. The first-order valence-corrected chi connectivity index (χ1v) is 13.1. The Balaban J connectivity index is 0. The predicted octanol–water partition coefficient (Wildman–Crippen LogP) is 0.816. The van der Waals surface area contributed by atoms with E-state index in [2.05, 4.69) is 0 Å². The molecular formula is C4H7ClHgO4. The van der Waals surface area contributed by atoms with Crippen molar-refractivity contribution < 1.29 is 43.1 Å². The van der Waals surface area contributed by atoms with Crippen LogP contribution in [0.5, 0.6) is 0 Å². The van der Waals surface area contributed by atoms with Crippen molar-refractivity contribution in [3.63, 3.8) is 0 Å². The van der Waals surface area contributed by atoms with E-state index < -0.39 is 35.3 Å². The fraction of sp³-hybridized carbons (Fsp3) is 0.500. The first kappa shape index (κ1) is 12.8. The second kappa shape index (κ2) is 9.17. The van der Waals surface area contributed by atoms with Crippen molar-refractivity contribution in [3.05, 3.63) is 0 Å². The molecule has 2 N–H and O–H groups in total. The number of rotatable bonds is 2. The van der Waals surface area contributed by atoms with Crippen LogP contribution in [0.3, 0.4) is 0 Å². The topological polar surface area (TPSA) is 74.6 Å². The molecule has 0 aliphatic carbocycles. The van der Waals surface area contributed by atoms with Gasteiger partial charge in [0.2, 0.25) is 0 Å². The molecule has 0 saturated heterocycles. The van der Waals surface area contributed by atoms with Gasteiger partial charge in [0.1, 0.15) is 0 Å². The minimum absolute atomic E-state index is 0.279. The Labute approximate surface area is 74.1 Å². The van der Waals surface area contributed by atoms with Gasteiger partial charge in [0.15, 0.2) is 0 Å². The fourth-order valence-electron chi connectivity index (χ4n) is 0.0808. The quantitative estimate of drug-likeness (QED) is 0.720. The Kier molecular flexibility index (Phi) is 11.7. The van der Waals surface area contributed by atoms with Gasteiger partial charge in [0.25, 0.3) is 5.97 Å². The van der Waals surface area contributed by atoms with Crippen LogP contribution in [0.4, 0.5) is 0 Å². The molecule has 0 aromatic heterocycles. The number of aliphatic carboxylic acids is 2. The molecule has 0 aliphatic heterocycles. The van der Waals surface area contributed by atoms with E-state index in [0.717, 1.165) is 6.92 Å². The summed E-state index contributed by atoms with van der Waals surface area (Å²) in [4.78, 5) is 18.6. The molecule has 0 aromatic rings. The first-order valence-electron chi connectivity index (χ1n) is 2.48. The van der Waals surface area contributed by atoms with Gasteiger partial charge in [-0.3, -0.25) is 4.79 Å². The van der Waals surface area contributed by atoms with Crippen molar-refractivity contribution >= 4 is 20.2 Å². The fourth-order valence-corrected chi connectivity index (χ4v) is 2.13. The molecule has 0 spiro atoms. The monoisotopic (exact) mass is 356 g/mol. The van der Waals surface area contributed by atoms with Gasteiger partial charge in [-0.05, 0) is 0 Å². The summed E-state index contributed by atoms with van der Waals surface area (Å²) in [5, 5.41) is 15.3. The molecule has 0 heterocycles. The third-order valence-corrected chi connectivity index (χ3v) is 4.36. The summed E-state index contributed by atoms with van der Waals surface area (Å²) in [6, 6.07) is 0. The van der Waals surface area contributed by atoms with Gasteiger partial charge < -0.3 is 5.11 Å². The second-order valence-corrected chi connectivity index (χ2v) is 8.08. The second-order valence-electron chi connectivity index (χ2n) is 1.35. The van der Waals surface area contributed by atoms with E-state index in [0.29, 0.717) is 0 Å². The Hall–Kier alpha value is 0.165. The number of carboxylic acid groups (broad SMARTS) is 2. The van der Waals surface area contributed by atoms with Crippen LogP contribution in [0, 0.1) is 0 Å². The molecule has 0 saturated carbocycles. The van der Waals surface area contributed by atoms with E-state index in [-0.39, 0.29) is 3.93 Å². The molecule has 0 amide bonds. The zero-order valence-electron chi connectivity index (χ0n) is 5.50. The summed E-state index contributed by atoms with van der Waals surface area (Å²) in [6.07, 6.45) is 0. The standard InChI is InChI=1S/C2H4O2.C2H3O2.ClH.Hg/c2*1-2(3)4;;/h1H3,(H,3,4);1H2,(H,3,4);1H;/q;;;+1/p-1. The summed E-state index contributed by atoms with van der Waals surface area (Å²) < 4.78 is 0.279. The molecule has 0 bridgehead atoms. The number of hydrogen-bond acceptors (Lipinski definition) is 2. The molecule has 0 aromatic carbocycles. The van der Waals surface area contributed by atoms with Crippen LogP contribution in [0.2, 0.25) is 3.93 Å². The molecule has 10 heavy (non-hydrogen) atoms. The van der Waals surface area contributed by atoms with Gasteiger partial charge in [0.05, 0.1) is 0 Å². The molecule has 0 radical (unpaired) electrons. The summed E-state index contributed by atoms with van der Waals surface area (Å²) in [6.45, 7) is 1.08. The van der Waals surface area contributed by atoms with Crippen molar-refractivity contribution in [1.29, 1.82) is 0 Å². The predicted molar refractivity (Wildman–Crippen MR) is 31.6 cm³/mol. The Morgan fingerprint density at radius 3 is 1.80 bits per heavy atom. The van der Waals surface area contributed by atoms with Crippen molar-refractivity contribution in [2.24, 2.45) is 0 Å². The maximum atomic E-state index is 9.57. The average Bonchev–Trinajstić information content (AvgIpc) is 1.62. The van der Waals surface area contributed by atoms with Crippen LogP contribution in [-0.2, 0) is 32.9 Å². The van der Waals surface area contributed by atoms with E-state index in [1.165, 1.54) is 0 Å². The maximum absolute atomic E-state index is 9.57. The van der Waals surface area contributed by atoms with Crippen molar-refractivity contribution in [1.82, 2.24) is 0 Å². The van der Waals surface area contributed by atoms with Crippen molar-refractivity contribution in [3.8, 4) is 0 Å². The van der Waals surface area contributed by atoms with Crippen LogP contribution < -0.4 is 0 Å². The Bertz CT molecular complexity index is 112. The molecule has 0 fully saturated rings. The van der Waals surface area contributed by atoms with Crippen LogP contribution in [-0.4, -0.2) is 22.2 Å². The third-order valence-electron chi connectivity index (χ3n) is 0.308. The Morgan fingerprint density at radius 1 is 1.50 bits per heavy atom. The van der Waals surface area contributed by atoms with E-state index in [1.54, 1.807) is 0 Å². The molecule has 0 rings (SSSR count). The average molecular weight is 355 g/mol. The van der Waals surface area contributed by atoms with Gasteiger partial charge in [-0.25, -0.2) is 0 Å². The molecule has 4 nitrogen and oxygen atoms in total. The SMILES string of the molecule is CC(=O)O.O=C(O)[CH2][Hg][Cl]. The van der Waals surface area contributed by atoms with Crippen LogP contribution in [0.1, 0.15) is 6.92 Å². The van der Waals surface area contributed by atoms with Crippen molar-refractivity contribution in [2.45, 2.75) is 10.9 Å². The molecule has 6 heteroatoms. The number of carbonyl (C=O) groups is 2. The van der Waals surface area contributed by atoms with Crippen LogP contribution in [0.15, 0.2) is 0 Å². The normalized spacial score (nSPS) is 6.60. The van der Waals surface area contributed by atoms with Gasteiger partial charge in [0, 0.05) is 6.92 Å². The zero-order chi connectivity index (χ0) is 8.57. The van der Waals surface area contributed by atoms with E-state index in [9.17, 15) is 4.79 Å². The molecular weight excluding hydrogens is 348 g/mol. The molecule has 56 valence electrons. The van der Waals surface area contributed by atoms with Crippen LogP contribution in [0.25, 0.3) is 0 Å². The third kappa shape index (κ3) is 41.8. The van der Waals surface area contributed by atoms with Gasteiger partial charge >= 0.3 is 51.4 Å². The number of carboxylic acids is 2. The number of halogens is 1. The molecule has 0 unspecified atom stereocenters. The van der Waals surface area contributed by atoms with E-state index in [4.69, 9.17) is 23.3 Å². The van der Waals surface area contributed by atoms with Crippen molar-refractivity contribution in [2.75, 3.05) is 0 Å². The Morgan fingerprint density at radius 2 is 1.80 bits per heavy atom. The van der Waals surface area contributed by atoms with E-state index in [1.807, 2.05) is 0 Å². The zero-order valence-corrected chi connectivity index (χ0v) is 11.8. The van der Waals surface area contributed by atoms with Gasteiger partial charge in [-0.15, -0.1) is 0 Å².